The molecule has 1 atom stereocenters. The highest BCUT2D eigenvalue weighted by Gasteiger charge is 2.21. The van der Waals surface area contributed by atoms with Gasteiger partial charge in [0.2, 0.25) is 0 Å². The molecule has 0 unspecified atom stereocenters. The Morgan fingerprint density at radius 3 is 2.29 bits per heavy atom. The monoisotopic (exact) mass is 393 g/mol. The molecule has 8 nitrogen and oxygen atoms in total. The SMILES string of the molecule is C[C@@H](OC(=O)c1ccccc1Nc1ccc(OC(F)F)cc1)C(=O)NC(N)=O. The van der Waals surface area contributed by atoms with Gasteiger partial charge in [0.15, 0.2) is 6.10 Å². The van der Waals surface area contributed by atoms with Crippen LogP contribution in [0.3, 0.4) is 0 Å². The van der Waals surface area contributed by atoms with Crippen molar-refractivity contribution in [2.24, 2.45) is 5.73 Å². The van der Waals surface area contributed by atoms with Crippen molar-refractivity contribution in [3.05, 3.63) is 54.1 Å². The minimum absolute atomic E-state index is 0.0115. The summed E-state index contributed by atoms with van der Waals surface area (Å²) in [5.41, 5.74) is 5.83. The Morgan fingerprint density at radius 1 is 1.04 bits per heavy atom. The van der Waals surface area contributed by atoms with Gasteiger partial charge in [-0.15, -0.1) is 0 Å². The summed E-state index contributed by atoms with van der Waals surface area (Å²) in [5.74, 6) is -1.68. The average molecular weight is 393 g/mol. The number of para-hydroxylation sites is 1. The van der Waals surface area contributed by atoms with Crippen molar-refractivity contribution in [2.75, 3.05) is 5.32 Å². The first-order valence-corrected chi connectivity index (χ1v) is 7.98. The molecule has 0 spiro atoms. The van der Waals surface area contributed by atoms with Crippen LogP contribution in [-0.4, -0.2) is 30.6 Å². The Bertz CT molecular complexity index is 859. The maximum absolute atomic E-state index is 12.4. The number of hydrogen-bond acceptors (Lipinski definition) is 6. The number of anilines is 2. The quantitative estimate of drug-likeness (QED) is 0.622. The summed E-state index contributed by atoms with van der Waals surface area (Å²) in [7, 11) is 0. The van der Waals surface area contributed by atoms with Gasteiger partial charge in [0.05, 0.1) is 11.3 Å². The van der Waals surface area contributed by atoms with E-state index in [0.29, 0.717) is 11.4 Å². The summed E-state index contributed by atoms with van der Waals surface area (Å²) in [6.45, 7) is -1.64. The molecular formula is C18H17F2N3O5. The molecule has 0 aliphatic heterocycles. The summed E-state index contributed by atoms with van der Waals surface area (Å²) in [6, 6.07) is 10.9. The molecule has 0 saturated carbocycles. The predicted octanol–water partition coefficient (Wildman–Crippen LogP) is 2.77. The van der Waals surface area contributed by atoms with Crippen LogP contribution in [0.5, 0.6) is 5.75 Å². The number of benzene rings is 2. The second-order valence-corrected chi connectivity index (χ2v) is 5.47. The van der Waals surface area contributed by atoms with E-state index in [2.05, 4.69) is 10.1 Å². The number of amides is 3. The van der Waals surface area contributed by atoms with Crippen molar-refractivity contribution in [1.29, 1.82) is 0 Å². The van der Waals surface area contributed by atoms with E-state index in [1.165, 1.54) is 37.3 Å². The molecule has 0 aliphatic rings. The summed E-state index contributed by atoms with van der Waals surface area (Å²) < 4.78 is 33.7. The number of imide groups is 1. The number of carbonyl (C=O) groups is 3. The molecule has 10 heteroatoms. The molecule has 4 N–H and O–H groups in total. The third-order valence-corrected chi connectivity index (χ3v) is 3.40. The molecule has 148 valence electrons. The van der Waals surface area contributed by atoms with Crippen LogP contribution in [0.1, 0.15) is 17.3 Å². The highest BCUT2D eigenvalue weighted by molar-refractivity contribution is 6.00. The van der Waals surface area contributed by atoms with Gasteiger partial charge in [-0.2, -0.15) is 8.78 Å². The number of ether oxygens (including phenoxy) is 2. The third-order valence-electron chi connectivity index (χ3n) is 3.40. The Labute approximate surface area is 158 Å². The molecule has 0 aliphatic carbocycles. The second-order valence-electron chi connectivity index (χ2n) is 5.47. The normalized spacial score (nSPS) is 11.4. The summed E-state index contributed by atoms with van der Waals surface area (Å²) in [5, 5.41) is 4.76. The zero-order valence-corrected chi connectivity index (χ0v) is 14.6. The van der Waals surface area contributed by atoms with Gasteiger partial charge in [-0.1, -0.05) is 12.1 Å². The van der Waals surface area contributed by atoms with Gasteiger partial charge >= 0.3 is 18.6 Å². The molecule has 2 aromatic rings. The van der Waals surface area contributed by atoms with Crippen LogP contribution < -0.4 is 21.1 Å². The molecule has 28 heavy (non-hydrogen) atoms. The molecule has 0 bridgehead atoms. The number of primary amides is 1. The van der Waals surface area contributed by atoms with Crippen LogP contribution in [0.2, 0.25) is 0 Å². The number of rotatable bonds is 7. The first kappa shape index (κ1) is 20.6. The van der Waals surface area contributed by atoms with Crippen LogP contribution >= 0.6 is 0 Å². The van der Waals surface area contributed by atoms with E-state index in [1.54, 1.807) is 18.2 Å². The molecule has 0 saturated heterocycles. The predicted molar refractivity (Wildman–Crippen MR) is 95.4 cm³/mol. The van der Waals surface area contributed by atoms with E-state index in [0.717, 1.165) is 0 Å². The Morgan fingerprint density at radius 2 is 1.68 bits per heavy atom. The first-order chi connectivity index (χ1) is 13.3. The number of nitrogens with one attached hydrogen (secondary N) is 2. The fourth-order valence-corrected chi connectivity index (χ4v) is 2.15. The largest absolute Gasteiger partial charge is 0.449 e. The Hall–Kier alpha value is -3.69. The maximum Gasteiger partial charge on any atom is 0.387 e. The van der Waals surface area contributed by atoms with Gasteiger partial charge in [0.1, 0.15) is 5.75 Å². The van der Waals surface area contributed by atoms with E-state index in [9.17, 15) is 23.2 Å². The van der Waals surface area contributed by atoms with Crippen LogP contribution in [0.4, 0.5) is 25.0 Å². The molecule has 2 rings (SSSR count). The molecule has 2 aromatic carbocycles. The highest BCUT2D eigenvalue weighted by Crippen LogP contribution is 2.24. The second kappa shape index (κ2) is 9.31. The van der Waals surface area contributed by atoms with E-state index >= 15 is 0 Å². The minimum atomic E-state index is -2.93. The van der Waals surface area contributed by atoms with Gasteiger partial charge < -0.3 is 20.5 Å². The lowest BCUT2D eigenvalue weighted by molar-refractivity contribution is -0.127. The summed E-state index contributed by atoms with van der Waals surface area (Å²) in [6.07, 6.45) is -1.25. The standard InChI is InChI=1S/C18H17F2N3O5/c1-10(15(24)23-18(21)26)27-16(25)13-4-2-3-5-14(13)22-11-6-8-12(9-7-11)28-17(19)20/h2-10,17,22H,1H3,(H3,21,23,24,26)/t10-/m1/s1. The summed E-state index contributed by atoms with van der Waals surface area (Å²) in [4.78, 5) is 34.7. The lowest BCUT2D eigenvalue weighted by Crippen LogP contribution is -2.42. The first-order valence-electron chi connectivity index (χ1n) is 7.98. The lowest BCUT2D eigenvalue weighted by Gasteiger charge is -2.15. The maximum atomic E-state index is 12.4. The van der Waals surface area contributed by atoms with Crippen molar-refractivity contribution >= 4 is 29.3 Å². The van der Waals surface area contributed by atoms with Gasteiger partial charge in [-0.25, -0.2) is 9.59 Å². The topological polar surface area (TPSA) is 120 Å². The third kappa shape index (κ3) is 5.94. The number of halogens is 2. The Balaban J connectivity index is 2.10. The molecule has 0 radical (unpaired) electrons. The van der Waals surface area contributed by atoms with Crippen LogP contribution in [0, 0.1) is 0 Å². The van der Waals surface area contributed by atoms with Gasteiger partial charge in [-0.3, -0.25) is 10.1 Å². The fourth-order valence-electron chi connectivity index (χ4n) is 2.15. The molecule has 3 amide bonds. The molecule has 0 heterocycles. The van der Waals surface area contributed by atoms with Crippen molar-refractivity contribution in [3.8, 4) is 5.75 Å². The smallest absolute Gasteiger partial charge is 0.387 e. The van der Waals surface area contributed by atoms with Gasteiger partial charge in [-0.05, 0) is 43.3 Å². The zero-order chi connectivity index (χ0) is 20.7. The van der Waals surface area contributed by atoms with Crippen LogP contribution in [-0.2, 0) is 9.53 Å². The minimum Gasteiger partial charge on any atom is -0.449 e. The number of alkyl halides is 2. The van der Waals surface area contributed by atoms with E-state index in [-0.39, 0.29) is 11.3 Å². The van der Waals surface area contributed by atoms with Crippen LogP contribution in [0.25, 0.3) is 0 Å². The van der Waals surface area contributed by atoms with E-state index in [1.807, 2.05) is 5.32 Å². The van der Waals surface area contributed by atoms with Gasteiger partial charge in [0.25, 0.3) is 5.91 Å². The van der Waals surface area contributed by atoms with Crippen molar-refractivity contribution in [1.82, 2.24) is 5.32 Å². The zero-order valence-electron chi connectivity index (χ0n) is 14.6. The fraction of sp³-hybridized carbons (Fsp3) is 0.167. The van der Waals surface area contributed by atoms with Crippen molar-refractivity contribution in [3.63, 3.8) is 0 Å². The highest BCUT2D eigenvalue weighted by atomic mass is 19.3. The molecular weight excluding hydrogens is 376 g/mol. The van der Waals surface area contributed by atoms with Crippen LogP contribution in [0.15, 0.2) is 48.5 Å². The molecule has 0 fully saturated rings. The number of nitrogens with two attached hydrogens (primary N) is 1. The van der Waals surface area contributed by atoms with E-state index < -0.39 is 30.6 Å². The summed E-state index contributed by atoms with van der Waals surface area (Å²) >= 11 is 0. The lowest BCUT2D eigenvalue weighted by atomic mass is 10.1. The number of carbonyl (C=O) groups excluding carboxylic acids is 3. The Kier molecular flexibility index (Phi) is 6.85. The number of esters is 1. The number of hydrogen-bond donors (Lipinski definition) is 3. The average Bonchev–Trinajstić information content (AvgIpc) is 2.62. The number of urea groups is 1. The van der Waals surface area contributed by atoms with E-state index in [4.69, 9.17) is 10.5 Å². The van der Waals surface area contributed by atoms with Crippen molar-refractivity contribution in [2.45, 2.75) is 19.6 Å². The van der Waals surface area contributed by atoms with Crippen molar-refractivity contribution < 1.29 is 32.6 Å². The van der Waals surface area contributed by atoms with Gasteiger partial charge in [0, 0.05) is 5.69 Å². The molecule has 0 aromatic heterocycles.